The summed E-state index contributed by atoms with van der Waals surface area (Å²) in [5.74, 6) is -0.118. The Labute approximate surface area is 261 Å². The van der Waals surface area contributed by atoms with Crippen molar-refractivity contribution in [2.24, 2.45) is 0 Å². The second-order valence-electron chi connectivity index (χ2n) is 12.0. The van der Waals surface area contributed by atoms with Gasteiger partial charge in [0.25, 0.3) is 0 Å². The first-order valence-corrected chi connectivity index (χ1v) is 18.2. The molecule has 0 saturated carbocycles. The molecule has 0 aromatic carbocycles. The van der Waals surface area contributed by atoms with Crippen LogP contribution in [0.3, 0.4) is 0 Å². The maximum atomic E-state index is 12.3. The average molecular weight is 601 g/mol. The van der Waals surface area contributed by atoms with E-state index in [-0.39, 0.29) is 18.7 Å². The van der Waals surface area contributed by atoms with Gasteiger partial charge in [-0.15, -0.1) is 0 Å². The van der Waals surface area contributed by atoms with Crippen molar-refractivity contribution in [3.05, 3.63) is 0 Å². The van der Waals surface area contributed by atoms with E-state index in [2.05, 4.69) is 13.8 Å². The molecule has 1 atom stereocenters. The number of carbonyl (C=O) groups is 1. The molecule has 6 heteroatoms. The van der Waals surface area contributed by atoms with Crippen LogP contribution in [-0.4, -0.2) is 65.4 Å². The summed E-state index contributed by atoms with van der Waals surface area (Å²) in [6.45, 7) is 8.07. The zero-order chi connectivity index (χ0) is 30.6. The van der Waals surface area contributed by atoms with Gasteiger partial charge in [-0.3, -0.25) is 4.79 Å². The fourth-order valence-corrected chi connectivity index (χ4v) is 5.11. The summed E-state index contributed by atoms with van der Waals surface area (Å²) in [4.78, 5) is 12.3. The first kappa shape index (κ1) is 41.3. The van der Waals surface area contributed by atoms with Crippen LogP contribution < -0.4 is 0 Å². The molecule has 0 rings (SSSR count). The molecule has 252 valence electrons. The third-order valence-electron chi connectivity index (χ3n) is 7.87. The summed E-state index contributed by atoms with van der Waals surface area (Å²) in [6, 6.07) is 0. The summed E-state index contributed by atoms with van der Waals surface area (Å²) in [5.41, 5.74) is 0. The molecule has 6 nitrogen and oxygen atoms in total. The van der Waals surface area contributed by atoms with Crippen molar-refractivity contribution in [3.63, 3.8) is 0 Å². The minimum absolute atomic E-state index is 0.118. The van der Waals surface area contributed by atoms with Crippen molar-refractivity contribution in [3.8, 4) is 0 Å². The Balaban J connectivity index is 3.94. The molecule has 0 aromatic rings. The molecule has 0 aliphatic rings. The number of hydrogen-bond donors (Lipinski definition) is 0. The number of ether oxygens (including phenoxy) is 5. The highest BCUT2D eigenvalue weighted by Crippen LogP contribution is 2.14. The molecule has 0 spiro atoms. The van der Waals surface area contributed by atoms with Crippen molar-refractivity contribution in [1.29, 1.82) is 0 Å². The smallest absolute Gasteiger partial charge is 0.305 e. The fourth-order valence-electron chi connectivity index (χ4n) is 5.11. The standard InChI is InChI=1S/C36H72O6/c1-4-6-8-10-12-14-16-18-20-22-24-26-28-41-35(33-40-32-31-39-30-29-38-3)34-42-36(37)27-25-23-21-19-17-15-13-11-9-7-5-2/h35H,4-34H2,1-3H3. The molecule has 0 radical (unpaired) electrons. The van der Waals surface area contributed by atoms with Crippen molar-refractivity contribution in [1.82, 2.24) is 0 Å². The molecule has 0 aliphatic carbocycles. The molecule has 0 bridgehead atoms. The van der Waals surface area contributed by atoms with Crippen LogP contribution in [0, 0.1) is 0 Å². The van der Waals surface area contributed by atoms with Gasteiger partial charge in [-0.05, 0) is 12.8 Å². The minimum atomic E-state index is -0.224. The lowest BCUT2D eigenvalue weighted by Gasteiger charge is -2.18. The summed E-state index contributed by atoms with van der Waals surface area (Å²) < 4.78 is 27.9. The van der Waals surface area contributed by atoms with E-state index >= 15 is 0 Å². The Morgan fingerprint density at radius 1 is 0.476 bits per heavy atom. The largest absolute Gasteiger partial charge is 0.463 e. The Kier molecular flexibility index (Phi) is 35.9. The molecule has 0 saturated heterocycles. The molecule has 0 N–H and O–H groups in total. The Morgan fingerprint density at radius 2 is 0.905 bits per heavy atom. The van der Waals surface area contributed by atoms with E-state index < -0.39 is 0 Å². The van der Waals surface area contributed by atoms with E-state index in [0.717, 1.165) is 19.3 Å². The molecule has 0 amide bonds. The van der Waals surface area contributed by atoms with E-state index in [9.17, 15) is 4.79 Å². The predicted molar refractivity (Wildman–Crippen MR) is 176 cm³/mol. The van der Waals surface area contributed by atoms with Gasteiger partial charge >= 0.3 is 5.97 Å². The van der Waals surface area contributed by atoms with Crippen LogP contribution in [0.25, 0.3) is 0 Å². The maximum Gasteiger partial charge on any atom is 0.305 e. The highest BCUT2D eigenvalue weighted by Gasteiger charge is 2.13. The zero-order valence-corrected chi connectivity index (χ0v) is 28.4. The van der Waals surface area contributed by atoms with Gasteiger partial charge in [0.2, 0.25) is 0 Å². The van der Waals surface area contributed by atoms with Crippen LogP contribution >= 0.6 is 0 Å². The van der Waals surface area contributed by atoms with E-state index in [4.69, 9.17) is 23.7 Å². The van der Waals surface area contributed by atoms with E-state index in [0.29, 0.717) is 46.1 Å². The Bertz CT molecular complexity index is 515. The third-order valence-corrected chi connectivity index (χ3v) is 7.87. The van der Waals surface area contributed by atoms with Gasteiger partial charge < -0.3 is 23.7 Å². The Morgan fingerprint density at radius 3 is 1.40 bits per heavy atom. The lowest BCUT2D eigenvalue weighted by atomic mass is 10.1. The molecule has 42 heavy (non-hydrogen) atoms. The quantitative estimate of drug-likeness (QED) is 0.0527. The van der Waals surface area contributed by atoms with Crippen LogP contribution in [0.1, 0.15) is 168 Å². The van der Waals surface area contributed by atoms with Crippen LogP contribution in [0.5, 0.6) is 0 Å². The van der Waals surface area contributed by atoms with E-state index in [1.165, 1.54) is 128 Å². The SMILES string of the molecule is CCCCCCCCCCCCCCOC(COCCOCCOC)COC(=O)CCCCCCCCCCCCC. The Hall–Kier alpha value is -0.690. The topological polar surface area (TPSA) is 63.2 Å². The van der Waals surface area contributed by atoms with Gasteiger partial charge in [-0.1, -0.05) is 149 Å². The average Bonchev–Trinajstić information content (AvgIpc) is 3.00. The van der Waals surface area contributed by atoms with Gasteiger partial charge in [0.05, 0.1) is 33.0 Å². The first-order chi connectivity index (χ1) is 20.7. The summed E-state index contributed by atoms with van der Waals surface area (Å²) in [6.07, 6.45) is 30.2. The number of unbranched alkanes of at least 4 members (excludes halogenated alkanes) is 21. The van der Waals surface area contributed by atoms with Gasteiger partial charge in [0, 0.05) is 20.1 Å². The normalized spacial score (nSPS) is 12.2. The molecular formula is C36H72O6. The molecule has 0 aromatic heterocycles. The summed E-state index contributed by atoms with van der Waals surface area (Å²) >= 11 is 0. The fraction of sp³-hybridized carbons (Fsp3) is 0.972. The molecule has 0 aliphatic heterocycles. The maximum absolute atomic E-state index is 12.3. The highest BCUT2D eigenvalue weighted by atomic mass is 16.6. The summed E-state index contributed by atoms with van der Waals surface area (Å²) in [7, 11) is 1.66. The predicted octanol–water partition coefficient (Wildman–Crippen LogP) is 10.00. The first-order valence-electron chi connectivity index (χ1n) is 18.2. The zero-order valence-electron chi connectivity index (χ0n) is 28.4. The van der Waals surface area contributed by atoms with Crippen molar-refractivity contribution < 1.29 is 28.5 Å². The van der Waals surface area contributed by atoms with Gasteiger partial charge in [0.15, 0.2) is 0 Å². The monoisotopic (exact) mass is 601 g/mol. The number of esters is 1. The van der Waals surface area contributed by atoms with Gasteiger partial charge in [-0.2, -0.15) is 0 Å². The molecule has 0 fully saturated rings. The van der Waals surface area contributed by atoms with Crippen LogP contribution in [-0.2, 0) is 28.5 Å². The number of rotatable bonds is 36. The van der Waals surface area contributed by atoms with Crippen molar-refractivity contribution in [2.45, 2.75) is 174 Å². The second-order valence-corrected chi connectivity index (χ2v) is 12.0. The van der Waals surface area contributed by atoms with Gasteiger partial charge in [0.1, 0.15) is 12.7 Å². The number of hydrogen-bond acceptors (Lipinski definition) is 6. The summed E-state index contributed by atoms with van der Waals surface area (Å²) in [5, 5.41) is 0. The second kappa shape index (κ2) is 36.5. The third kappa shape index (κ3) is 33.8. The molecule has 1 unspecified atom stereocenters. The van der Waals surface area contributed by atoms with Crippen LogP contribution in [0.15, 0.2) is 0 Å². The highest BCUT2D eigenvalue weighted by molar-refractivity contribution is 5.69. The van der Waals surface area contributed by atoms with E-state index in [1.54, 1.807) is 7.11 Å². The van der Waals surface area contributed by atoms with Crippen LogP contribution in [0.2, 0.25) is 0 Å². The van der Waals surface area contributed by atoms with Crippen molar-refractivity contribution in [2.75, 3.05) is 53.4 Å². The molecule has 0 heterocycles. The molecular weight excluding hydrogens is 528 g/mol. The number of carbonyl (C=O) groups excluding carboxylic acids is 1. The lowest BCUT2D eigenvalue weighted by molar-refractivity contribution is -0.150. The van der Waals surface area contributed by atoms with Crippen LogP contribution in [0.4, 0.5) is 0 Å². The minimum Gasteiger partial charge on any atom is -0.463 e. The lowest BCUT2D eigenvalue weighted by Crippen LogP contribution is -2.28. The van der Waals surface area contributed by atoms with Gasteiger partial charge in [-0.25, -0.2) is 0 Å². The number of methoxy groups -OCH3 is 1. The van der Waals surface area contributed by atoms with E-state index in [1.807, 2.05) is 0 Å². The van der Waals surface area contributed by atoms with Crippen molar-refractivity contribution >= 4 is 5.97 Å².